The number of aromatic nitrogens is 1. The van der Waals surface area contributed by atoms with Gasteiger partial charge in [0.2, 0.25) is 11.8 Å². The smallest absolute Gasteiger partial charge is 0.229 e. The highest BCUT2D eigenvalue weighted by molar-refractivity contribution is 6.02. The molecule has 1 aromatic heterocycles. The summed E-state index contributed by atoms with van der Waals surface area (Å²) in [5.74, 6) is -0.371. The first-order chi connectivity index (χ1) is 13.7. The Balaban J connectivity index is 1.34. The molecule has 0 saturated carbocycles. The summed E-state index contributed by atoms with van der Waals surface area (Å²) >= 11 is 0. The summed E-state index contributed by atoms with van der Waals surface area (Å²) in [6.07, 6.45) is 3.82. The number of hydrogen-bond acceptors (Lipinski definition) is 3. The maximum Gasteiger partial charge on any atom is 0.229 e. The van der Waals surface area contributed by atoms with Crippen LogP contribution in [0.5, 0.6) is 0 Å². The van der Waals surface area contributed by atoms with Crippen molar-refractivity contribution in [3.05, 3.63) is 72.4 Å². The minimum atomic E-state index is -0.316. The molecule has 1 atom stereocenters. The predicted octanol–water partition coefficient (Wildman–Crippen LogP) is 3.65. The summed E-state index contributed by atoms with van der Waals surface area (Å²) in [6.45, 7) is 1.17. The third-order valence-electron chi connectivity index (χ3n) is 5.21. The summed E-state index contributed by atoms with van der Waals surface area (Å²) in [5.41, 5.74) is 2.73. The number of aryl methyl sites for hydroxylation is 1. The van der Waals surface area contributed by atoms with Crippen LogP contribution in [-0.2, 0) is 16.0 Å². The van der Waals surface area contributed by atoms with Gasteiger partial charge < -0.3 is 10.2 Å². The Bertz CT molecular complexity index is 982. The average molecular weight is 373 g/mol. The van der Waals surface area contributed by atoms with Crippen LogP contribution in [0.2, 0.25) is 0 Å². The van der Waals surface area contributed by atoms with Crippen molar-refractivity contribution in [2.24, 2.45) is 5.92 Å². The number of carbonyl (C=O) groups is 2. The zero-order valence-electron chi connectivity index (χ0n) is 15.7. The van der Waals surface area contributed by atoms with Crippen LogP contribution in [0.4, 0.5) is 5.69 Å². The van der Waals surface area contributed by atoms with Gasteiger partial charge in [0.25, 0.3) is 0 Å². The Kier molecular flexibility index (Phi) is 5.33. The third kappa shape index (κ3) is 4.03. The molecule has 1 saturated heterocycles. The Morgan fingerprint density at radius 3 is 2.75 bits per heavy atom. The van der Waals surface area contributed by atoms with Gasteiger partial charge in [-0.1, -0.05) is 48.5 Å². The lowest BCUT2D eigenvalue weighted by Crippen LogP contribution is -2.29. The lowest BCUT2D eigenvalue weighted by Gasteiger charge is -2.16. The lowest BCUT2D eigenvalue weighted by atomic mass is 10.1. The first kappa shape index (κ1) is 18.2. The number of pyridine rings is 1. The van der Waals surface area contributed by atoms with Crippen LogP contribution in [0.1, 0.15) is 18.4 Å². The third-order valence-corrected chi connectivity index (χ3v) is 5.21. The summed E-state index contributed by atoms with van der Waals surface area (Å²) in [7, 11) is 0. The zero-order chi connectivity index (χ0) is 19.3. The second-order valence-electron chi connectivity index (χ2n) is 7.20. The molecule has 1 aliphatic rings. The molecule has 0 radical (unpaired) electrons. The van der Waals surface area contributed by atoms with Crippen molar-refractivity contribution in [1.29, 1.82) is 0 Å². The number of fused-ring (bicyclic) bond motifs is 1. The number of benzene rings is 2. The fraction of sp³-hybridized carbons (Fsp3) is 0.261. The highest BCUT2D eigenvalue weighted by Gasteiger charge is 2.34. The van der Waals surface area contributed by atoms with Crippen molar-refractivity contribution in [3.63, 3.8) is 0 Å². The molecule has 1 N–H and O–H groups in total. The van der Waals surface area contributed by atoms with Gasteiger partial charge in [0, 0.05) is 31.1 Å². The topological polar surface area (TPSA) is 62.3 Å². The number of likely N-dealkylation sites (tertiary alicyclic amines) is 1. The normalized spacial score (nSPS) is 16.5. The molecule has 1 unspecified atom stereocenters. The Hall–Kier alpha value is -3.21. The van der Waals surface area contributed by atoms with E-state index in [9.17, 15) is 9.59 Å². The standard InChI is InChI=1S/C23H23N3O2/c27-21-15-19(16-26(21)14-6-9-17-7-2-1-3-8-17)23(28)25-20-12-4-10-18-11-5-13-24-22(18)20/h1-5,7-8,10-13,19H,6,9,14-16H2,(H,25,28). The lowest BCUT2D eigenvalue weighted by molar-refractivity contribution is -0.128. The van der Waals surface area contributed by atoms with Gasteiger partial charge in [-0.3, -0.25) is 14.6 Å². The highest BCUT2D eigenvalue weighted by atomic mass is 16.2. The number of nitrogens with one attached hydrogen (secondary N) is 1. The van der Waals surface area contributed by atoms with E-state index < -0.39 is 0 Å². The van der Waals surface area contributed by atoms with Gasteiger partial charge in [-0.15, -0.1) is 0 Å². The molecule has 1 aliphatic heterocycles. The van der Waals surface area contributed by atoms with Gasteiger partial charge in [-0.2, -0.15) is 0 Å². The zero-order valence-corrected chi connectivity index (χ0v) is 15.7. The van der Waals surface area contributed by atoms with Crippen molar-refractivity contribution in [2.75, 3.05) is 18.4 Å². The molecule has 142 valence electrons. The Morgan fingerprint density at radius 2 is 1.89 bits per heavy atom. The molecule has 5 nitrogen and oxygen atoms in total. The fourth-order valence-corrected chi connectivity index (χ4v) is 3.72. The molecule has 0 bridgehead atoms. The predicted molar refractivity (Wildman–Crippen MR) is 110 cm³/mol. The van der Waals surface area contributed by atoms with E-state index >= 15 is 0 Å². The first-order valence-corrected chi connectivity index (χ1v) is 9.67. The molecule has 2 amide bonds. The fourth-order valence-electron chi connectivity index (χ4n) is 3.72. The van der Waals surface area contributed by atoms with E-state index in [2.05, 4.69) is 22.4 Å². The van der Waals surface area contributed by atoms with Crippen molar-refractivity contribution in [3.8, 4) is 0 Å². The van der Waals surface area contributed by atoms with Crippen LogP contribution in [-0.4, -0.2) is 34.8 Å². The van der Waals surface area contributed by atoms with Gasteiger partial charge in [-0.05, 0) is 30.5 Å². The summed E-state index contributed by atoms with van der Waals surface area (Å²) in [5, 5.41) is 3.95. The monoisotopic (exact) mass is 373 g/mol. The van der Waals surface area contributed by atoms with Crippen molar-refractivity contribution in [2.45, 2.75) is 19.3 Å². The number of rotatable bonds is 6. The van der Waals surface area contributed by atoms with Crippen molar-refractivity contribution < 1.29 is 9.59 Å². The highest BCUT2D eigenvalue weighted by Crippen LogP contribution is 2.24. The Labute approximate surface area is 164 Å². The quantitative estimate of drug-likeness (QED) is 0.717. The molecule has 2 aromatic carbocycles. The molecule has 0 spiro atoms. The summed E-state index contributed by atoms with van der Waals surface area (Å²) in [4.78, 5) is 31.2. The van der Waals surface area contributed by atoms with Gasteiger partial charge in [-0.25, -0.2) is 0 Å². The van der Waals surface area contributed by atoms with Gasteiger partial charge in [0.1, 0.15) is 0 Å². The van der Waals surface area contributed by atoms with Crippen molar-refractivity contribution >= 4 is 28.4 Å². The molecule has 3 aromatic rings. The van der Waals surface area contributed by atoms with E-state index in [4.69, 9.17) is 0 Å². The second kappa shape index (κ2) is 8.21. The molecule has 1 fully saturated rings. The van der Waals surface area contributed by atoms with Crippen LogP contribution in [0.25, 0.3) is 10.9 Å². The van der Waals surface area contributed by atoms with Crippen LogP contribution in [0, 0.1) is 5.92 Å². The molecule has 28 heavy (non-hydrogen) atoms. The van der Waals surface area contributed by atoms with Gasteiger partial charge >= 0.3 is 0 Å². The number of para-hydroxylation sites is 1. The number of nitrogens with zero attached hydrogens (tertiary/aromatic N) is 2. The number of anilines is 1. The maximum absolute atomic E-state index is 12.7. The van der Waals surface area contributed by atoms with Gasteiger partial charge in [0.05, 0.1) is 17.1 Å². The number of carbonyl (C=O) groups excluding carboxylic acids is 2. The molecule has 2 heterocycles. The molecular formula is C23H23N3O2. The number of amides is 2. The second-order valence-corrected chi connectivity index (χ2v) is 7.20. The largest absolute Gasteiger partial charge is 0.342 e. The Morgan fingerprint density at radius 1 is 1.07 bits per heavy atom. The number of hydrogen-bond donors (Lipinski definition) is 1. The first-order valence-electron chi connectivity index (χ1n) is 9.67. The maximum atomic E-state index is 12.7. The average Bonchev–Trinajstić information content (AvgIpc) is 3.10. The summed E-state index contributed by atoms with van der Waals surface area (Å²) < 4.78 is 0. The minimum Gasteiger partial charge on any atom is -0.342 e. The van der Waals surface area contributed by atoms with E-state index in [0.29, 0.717) is 18.8 Å². The summed E-state index contributed by atoms with van der Waals surface area (Å²) in [6, 6.07) is 19.8. The van der Waals surface area contributed by atoms with E-state index in [1.807, 2.05) is 53.4 Å². The van der Waals surface area contributed by atoms with Crippen LogP contribution >= 0.6 is 0 Å². The van der Waals surface area contributed by atoms with Crippen LogP contribution in [0.15, 0.2) is 66.9 Å². The SMILES string of the molecule is O=C(Nc1cccc2cccnc12)C1CC(=O)N(CCCc2ccccc2)C1. The molecule has 5 heteroatoms. The molecular weight excluding hydrogens is 350 g/mol. The van der Waals surface area contributed by atoms with E-state index in [-0.39, 0.29) is 24.2 Å². The minimum absolute atomic E-state index is 0.0595. The van der Waals surface area contributed by atoms with E-state index in [1.165, 1.54) is 5.56 Å². The molecule has 0 aliphatic carbocycles. The van der Waals surface area contributed by atoms with E-state index in [1.54, 1.807) is 6.20 Å². The molecule has 4 rings (SSSR count). The van der Waals surface area contributed by atoms with Gasteiger partial charge in [0.15, 0.2) is 0 Å². The van der Waals surface area contributed by atoms with Crippen molar-refractivity contribution in [1.82, 2.24) is 9.88 Å². The van der Waals surface area contributed by atoms with E-state index in [0.717, 1.165) is 23.7 Å². The van der Waals surface area contributed by atoms with Crippen LogP contribution < -0.4 is 5.32 Å². The van der Waals surface area contributed by atoms with Crippen LogP contribution in [0.3, 0.4) is 0 Å².